The second-order valence-corrected chi connectivity index (χ2v) is 8.61. The molecule has 1 amide bonds. The number of aromatic nitrogens is 3. The minimum Gasteiger partial charge on any atom is -0.461 e. The zero-order valence-electron chi connectivity index (χ0n) is 18.5. The van der Waals surface area contributed by atoms with Gasteiger partial charge in [0.15, 0.2) is 5.69 Å². The van der Waals surface area contributed by atoms with E-state index in [0.29, 0.717) is 22.1 Å². The van der Waals surface area contributed by atoms with Crippen molar-refractivity contribution in [1.29, 1.82) is 0 Å². The lowest BCUT2D eigenvalue weighted by molar-refractivity contribution is -0.137. The van der Waals surface area contributed by atoms with Crippen LogP contribution < -0.4 is 5.32 Å². The fourth-order valence-electron chi connectivity index (χ4n) is 3.36. The van der Waals surface area contributed by atoms with E-state index in [9.17, 15) is 14.7 Å². The van der Waals surface area contributed by atoms with Gasteiger partial charge in [-0.25, -0.2) is 9.78 Å². The number of amides is 1. The van der Waals surface area contributed by atoms with Crippen molar-refractivity contribution >= 4 is 33.9 Å². The van der Waals surface area contributed by atoms with Gasteiger partial charge in [-0.1, -0.05) is 35.3 Å². The number of rotatable bonds is 5. The lowest BCUT2D eigenvalue weighted by atomic mass is 10.0. The summed E-state index contributed by atoms with van der Waals surface area (Å²) >= 11 is 1.30. The fraction of sp³-hybridized carbons (Fsp3) is 0.304. The van der Waals surface area contributed by atoms with Crippen molar-refractivity contribution in [2.75, 3.05) is 25.5 Å². The molecule has 1 aliphatic heterocycles. The van der Waals surface area contributed by atoms with E-state index in [0.717, 1.165) is 11.3 Å². The van der Waals surface area contributed by atoms with Crippen molar-refractivity contribution in [2.45, 2.75) is 18.9 Å². The number of thiazole rings is 1. The van der Waals surface area contributed by atoms with Crippen LogP contribution in [0.5, 0.6) is 0 Å². The first kappa shape index (κ1) is 22.5. The van der Waals surface area contributed by atoms with Gasteiger partial charge in [0.2, 0.25) is 5.60 Å². The summed E-state index contributed by atoms with van der Waals surface area (Å²) in [6.45, 7) is 2.44. The first-order valence-corrected chi connectivity index (χ1v) is 11.2. The molecule has 0 unspecified atom stereocenters. The predicted octanol–water partition coefficient (Wildman–Crippen LogP) is 2.41. The molecule has 0 saturated carbocycles. The van der Waals surface area contributed by atoms with E-state index < -0.39 is 17.5 Å². The van der Waals surface area contributed by atoms with E-state index in [-0.39, 0.29) is 18.7 Å². The first-order valence-electron chi connectivity index (χ1n) is 10.3. The number of ether oxygens (including phenoxy) is 1. The van der Waals surface area contributed by atoms with Gasteiger partial charge in [-0.2, -0.15) is 5.10 Å². The molecule has 0 bridgehead atoms. The highest BCUT2D eigenvalue weighted by Crippen LogP contribution is 2.35. The highest BCUT2D eigenvalue weighted by atomic mass is 32.1. The summed E-state index contributed by atoms with van der Waals surface area (Å²) in [5, 5.41) is 19.0. The average molecular weight is 466 g/mol. The van der Waals surface area contributed by atoms with E-state index >= 15 is 0 Å². The highest BCUT2D eigenvalue weighted by Gasteiger charge is 2.42. The zero-order chi connectivity index (χ0) is 23.6. The van der Waals surface area contributed by atoms with Crippen LogP contribution in [0.15, 0.2) is 36.7 Å². The summed E-state index contributed by atoms with van der Waals surface area (Å²) in [5.74, 6) is 4.72. The summed E-state index contributed by atoms with van der Waals surface area (Å²) < 4.78 is 6.82. The summed E-state index contributed by atoms with van der Waals surface area (Å²) in [7, 11) is 3.44. The highest BCUT2D eigenvalue weighted by molar-refractivity contribution is 7.19. The third-order valence-corrected chi connectivity index (χ3v) is 6.11. The Bertz CT molecular complexity index is 1270. The van der Waals surface area contributed by atoms with Gasteiger partial charge in [0, 0.05) is 44.4 Å². The Kier molecular flexibility index (Phi) is 6.18. The number of likely N-dealkylation sites (N-methyl/N-ethyl adjacent to an activating group) is 1. The van der Waals surface area contributed by atoms with Crippen LogP contribution in [-0.4, -0.2) is 62.4 Å². The maximum Gasteiger partial charge on any atom is 0.360 e. The Morgan fingerprint density at radius 3 is 2.88 bits per heavy atom. The van der Waals surface area contributed by atoms with E-state index in [1.807, 2.05) is 12.1 Å². The van der Waals surface area contributed by atoms with Gasteiger partial charge in [0.05, 0.1) is 18.5 Å². The number of esters is 1. The summed E-state index contributed by atoms with van der Waals surface area (Å²) in [4.78, 5) is 30.6. The van der Waals surface area contributed by atoms with E-state index in [4.69, 9.17) is 4.74 Å². The van der Waals surface area contributed by atoms with Gasteiger partial charge in [-0.3, -0.25) is 9.48 Å². The molecule has 2 aromatic heterocycles. The lowest BCUT2D eigenvalue weighted by Crippen LogP contribution is -2.37. The summed E-state index contributed by atoms with van der Waals surface area (Å²) in [5.41, 5.74) is 0.615. The molecule has 1 atom stereocenters. The third kappa shape index (κ3) is 4.74. The number of aryl methyl sites for hydroxylation is 1. The molecule has 1 fully saturated rings. The second-order valence-electron chi connectivity index (χ2n) is 7.61. The van der Waals surface area contributed by atoms with Gasteiger partial charge in [0.1, 0.15) is 10.0 Å². The number of carbonyl (C=O) groups is 2. The minimum atomic E-state index is -1.66. The Hall–Kier alpha value is -3.68. The van der Waals surface area contributed by atoms with Crippen molar-refractivity contribution < 1.29 is 19.4 Å². The van der Waals surface area contributed by atoms with Crippen molar-refractivity contribution in [3.8, 4) is 22.4 Å². The number of carbonyl (C=O) groups excluding carboxylic acids is 2. The standard InChI is InChI=1S/C23H23N5O4S/c1-4-32-21(29)18-20(25-17-13-24-28(3)14-17)33-19(26-18)16-7-5-6-15(12-16)8-9-23(31)10-11-27(2)22(23)30/h5-7,12-14,25,31H,4,10-11H2,1-3H3/t23-/m0/s1. The number of benzene rings is 1. The topological polar surface area (TPSA) is 110 Å². The Balaban J connectivity index is 1.65. The normalized spacial score (nSPS) is 17.6. The molecular weight excluding hydrogens is 442 g/mol. The van der Waals surface area contributed by atoms with Crippen LogP contribution in [0.2, 0.25) is 0 Å². The minimum absolute atomic E-state index is 0.186. The smallest absolute Gasteiger partial charge is 0.360 e. The maximum absolute atomic E-state index is 12.5. The van der Waals surface area contributed by atoms with Crippen LogP contribution in [0, 0.1) is 11.8 Å². The number of anilines is 2. The van der Waals surface area contributed by atoms with Gasteiger partial charge < -0.3 is 20.1 Å². The first-order chi connectivity index (χ1) is 15.8. The number of likely N-dealkylation sites (tertiary alicyclic amines) is 1. The molecule has 3 heterocycles. The molecule has 0 aliphatic carbocycles. The van der Waals surface area contributed by atoms with Crippen molar-refractivity contribution in [3.63, 3.8) is 0 Å². The molecule has 0 spiro atoms. The van der Waals surface area contributed by atoms with Crippen molar-refractivity contribution in [2.24, 2.45) is 7.05 Å². The second kappa shape index (κ2) is 9.05. The maximum atomic E-state index is 12.5. The van der Waals surface area contributed by atoms with E-state index in [2.05, 4.69) is 27.2 Å². The molecule has 1 saturated heterocycles. The molecule has 33 heavy (non-hydrogen) atoms. The summed E-state index contributed by atoms with van der Waals surface area (Å²) in [6, 6.07) is 7.26. The molecule has 1 aliphatic rings. The molecule has 4 rings (SSSR count). The molecule has 0 radical (unpaired) electrons. The number of aliphatic hydroxyl groups is 1. The largest absolute Gasteiger partial charge is 0.461 e. The van der Waals surface area contributed by atoms with E-state index in [1.165, 1.54) is 16.2 Å². The quantitative estimate of drug-likeness (QED) is 0.440. The van der Waals surface area contributed by atoms with Crippen LogP contribution in [0.1, 0.15) is 29.4 Å². The van der Waals surface area contributed by atoms with Crippen LogP contribution in [0.4, 0.5) is 10.7 Å². The molecule has 9 nitrogen and oxygen atoms in total. The molecular formula is C23H23N5O4S. The van der Waals surface area contributed by atoms with Crippen LogP contribution in [0.3, 0.4) is 0 Å². The lowest BCUT2D eigenvalue weighted by Gasteiger charge is -2.13. The van der Waals surface area contributed by atoms with Gasteiger partial charge in [-0.05, 0) is 19.1 Å². The Labute approximate surface area is 195 Å². The number of nitrogens with zero attached hydrogens (tertiary/aromatic N) is 4. The van der Waals surface area contributed by atoms with Gasteiger partial charge in [0.25, 0.3) is 5.91 Å². The van der Waals surface area contributed by atoms with Crippen LogP contribution in [0.25, 0.3) is 10.6 Å². The SMILES string of the molecule is CCOC(=O)c1nc(-c2cccc(C#C[C@]3(O)CCN(C)C3=O)c2)sc1Nc1cnn(C)c1. The monoisotopic (exact) mass is 465 g/mol. The summed E-state index contributed by atoms with van der Waals surface area (Å²) in [6.07, 6.45) is 3.71. The molecule has 2 N–H and O–H groups in total. The molecule has 1 aromatic carbocycles. The average Bonchev–Trinajstić information content (AvgIpc) is 3.48. The predicted molar refractivity (Wildman–Crippen MR) is 124 cm³/mol. The zero-order valence-corrected chi connectivity index (χ0v) is 19.3. The molecule has 3 aromatic rings. The fourth-order valence-corrected chi connectivity index (χ4v) is 4.33. The molecule has 10 heteroatoms. The van der Waals surface area contributed by atoms with Crippen LogP contribution in [-0.2, 0) is 16.6 Å². The van der Waals surface area contributed by atoms with E-state index in [1.54, 1.807) is 50.2 Å². The third-order valence-electron chi connectivity index (χ3n) is 5.09. The number of nitrogens with one attached hydrogen (secondary N) is 1. The van der Waals surface area contributed by atoms with Crippen molar-refractivity contribution in [1.82, 2.24) is 19.7 Å². The Morgan fingerprint density at radius 1 is 1.39 bits per heavy atom. The van der Waals surface area contributed by atoms with Gasteiger partial charge >= 0.3 is 5.97 Å². The van der Waals surface area contributed by atoms with Crippen LogP contribution >= 0.6 is 11.3 Å². The van der Waals surface area contributed by atoms with Crippen molar-refractivity contribution in [3.05, 3.63) is 47.9 Å². The molecule has 170 valence electrons. The number of hydrogen-bond donors (Lipinski definition) is 2. The van der Waals surface area contributed by atoms with Gasteiger partial charge in [-0.15, -0.1) is 0 Å². The number of hydrogen-bond acceptors (Lipinski definition) is 8. The Morgan fingerprint density at radius 2 is 2.21 bits per heavy atom.